The molecule has 0 nitrogen and oxygen atoms in total. The minimum absolute atomic E-state index is 0.513. The molecule has 2 atom stereocenters. The van der Waals surface area contributed by atoms with Crippen molar-refractivity contribution in [3.05, 3.63) is 21.9 Å². The summed E-state index contributed by atoms with van der Waals surface area (Å²) < 4.78 is 0. The third-order valence-corrected chi connectivity index (χ3v) is 5.20. The number of rotatable bonds is 2. The van der Waals surface area contributed by atoms with E-state index in [1.165, 1.54) is 5.56 Å². The van der Waals surface area contributed by atoms with Crippen LogP contribution >= 0.6 is 27.3 Å². The monoisotopic (exact) mass is 258 g/mol. The van der Waals surface area contributed by atoms with E-state index in [-0.39, 0.29) is 0 Å². The van der Waals surface area contributed by atoms with Gasteiger partial charge in [0.2, 0.25) is 0 Å². The van der Waals surface area contributed by atoms with Gasteiger partial charge in [0.1, 0.15) is 0 Å². The zero-order valence-electron chi connectivity index (χ0n) is 8.30. The Morgan fingerprint density at radius 3 is 2.62 bits per heavy atom. The summed E-state index contributed by atoms with van der Waals surface area (Å²) in [7, 11) is 0. The highest BCUT2D eigenvalue weighted by molar-refractivity contribution is 9.09. The lowest BCUT2D eigenvalue weighted by molar-refractivity contribution is 0.580. The van der Waals surface area contributed by atoms with Crippen LogP contribution < -0.4 is 0 Å². The van der Waals surface area contributed by atoms with E-state index >= 15 is 0 Å². The van der Waals surface area contributed by atoms with Crippen LogP contribution in [0.4, 0.5) is 0 Å². The average Bonchev–Trinajstić information content (AvgIpc) is 2.41. The van der Waals surface area contributed by atoms with Crippen LogP contribution in [0, 0.1) is 18.3 Å². The Kier molecular flexibility index (Phi) is 2.31. The Morgan fingerprint density at radius 1 is 1.54 bits per heavy atom. The molecule has 1 aliphatic rings. The van der Waals surface area contributed by atoms with Crippen molar-refractivity contribution in [2.45, 2.75) is 26.7 Å². The van der Waals surface area contributed by atoms with Gasteiger partial charge in [0.15, 0.2) is 0 Å². The van der Waals surface area contributed by atoms with Crippen molar-refractivity contribution in [1.82, 2.24) is 0 Å². The van der Waals surface area contributed by atoms with Crippen molar-refractivity contribution in [1.29, 1.82) is 0 Å². The molecule has 1 fully saturated rings. The zero-order chi connectivity index (χ0) is 9.64. The van der Waals surface area contributed by atoms with Crippen LogP contribution in [0.15, 0.2) is 11.4 Å². The summed E-state index contributed by atoms with van der Waals surface area (Å²) in [5.74, 6) is 1.64. The molecule has 2 unspecified atom stereocenters. The van der Waals surface area contributed by atoms with Gasteiger partial charge in [-0.1, -0.05) is 29.8 Å². The van der Waals surface area contributed by atoms with E-state index in [2.05, 4.69) is 48.1 Å². The molecule has 0 saturated heterocycles. The summed E-state index contributed by atoms with van der Waals surface area (Å²) in [5.41, 5.74) is 1.99. The number of hydrogen-bond donors (Lipinski definition) is 0. The van der Waals surface area contributed by atoms with Gasteiger partial charge in [0.25, 0.3) is 0 Å². The van der Waals surface area contributed by atoms with Crippen LogP contribution in [0.2, 0.25) is 0 Å². The van der Waals surface area contributed by atoms with Crippen LogP contribution in [0.25, 0.3) is 0 Å². The number of thiophene rings is 1. The summed E-state index contributed by atoms with van der Waals surface area (Å²) in [6.45, 7) is 6.98. The molecule has 2 heteroatoms. The van der Waals surface area contributed by atoms with E-state index in [4.69, 9.17) is 0 Å². The van der Waals surface area contributed by atoms with Gasteiger partial charge in [-0.25, -0.2) is 0 Å². The lowest BCUT2D eigenvalue weighted by Crippen LogP contribution is -1.90. The third kappa shape index (κ3) is 1.39. The molecule has 0 spiro atoms. The molecule has 0 bridgehead atoms. The highest BCUT2D eigenvalue weighted by Crippen LogP contribution is 2.66. The van der Waals surface area contributed by atoms with Crippen molar-refractivity contribution in [2.75, 3.05) is 5.33 Å². The maximum Gasteiger partial charge on any atom is 0.0114 e. The minimum Gasteiger partial charge on any atom is -0.148 e. The van der Waals surface area contributed by atoms with E-state index in [9.17, 15) is 0 Å². The van der Waals surface area contributed by atoms with Crippen molar-refractivity contribution >= 4 is 27.3 Å². The zero-order valence-corrected chi connectivity index (χ0v) is 10.7. The Labute approximate surface area is 92.5 Å². The molecule has 1 aromatic rings. The maximum atomic E-state index is 3.61. The Balaban J connectivity index is 2.26. The fourth-order valence-corrected chi connectivity index (χ4v) is 4.75. The van der Waals surface area contributed by atoms with Gasteiger partial charge in [-0.15, -0.1) is 11.3 Å². The lowest BCUT2D eigenvalue weighted by Gasteiger charge is -2.00. The molecule has 0 amide bonds. The molecule has 0 aliphatic heterocycles. The third-order valence-electron chi connectivity index (χ3n) is 3.40. The molecular weight excluding hydrogens is 244 g/mol. The van der Waals surface area contributed by atoms with Crippen LogP contribution in [0.1, 0.15) is 30.2 Å². The molecule has 0 N–H and O–H groups in total. The first-order valence-electron chi connectivity index (χ1n) is 4.69. The SMILES string of the molecule is Cc1ccsc1C1C(CBr)C1(C)C. The molecule has 1 saturated carbocycles. The first kappa shape index (κ1) is 9.72. The first-order valence-corrected chi connectivity index (χ1v) is 6.69. The summed E-state index contributed by atoms with van der Waals surface area (Å²) >= 11 is 5.53. The molecule has 13 heavy (non-hydrogen) atoms. The number of hydrogen-bond acceptors (Lipinski definition) is 1. The second-order valence-electron chi connectivity index (χ2n) is 4.53. The normalized spacial score (nSPS) is 30.5. The van der Waals surface area contributed by atoms with Crippen LogP contribution in [-0.4, -0.2) is 5.33 Å². The van der Waals surface area contributed by atoms with E-state index in [0.29, 0.717) is 5.41 Å². The van der Waals surface area contributed by atoms with E-state index in [1.54, 1.807) is 4.88 Å². The Hall–Kier alpha value is 0.180. The smallest absolute Gasteiger partial charge is 0.0114 e. The van der Waals surface area contributed by atoms with Gasteiger partial charge in [-0.2, -0.15) is 0 Å². The molecule has 2 rings (SSSR count). The Bertz CT molecular complexity index is 314. The number of aryl methyl sites for hydroxylation is 1. The molecule has 72 valence electrons. The first-order chi connectivity index (χ1) is 6.09. The molecule has 0 radical (unpaired) electrons. The number of alkyl halides is 1. The molecular formula is C11H15BrS. The predicted octanol–water partition coefficient (Wildman–Crippen LogP) is 4.19. The van der Waals surface area contributed by atoms with Crippen molar-refractivity contribution in [2.24, 2.45) is 11.3 Å². The highest BCUT2D eigenvalue weighted by Gasteiger charge is 2.58. The summed E-state index contributed by atoms with van der Waals surface area (Å²) in [6, 6.07) is 2.24. The second kappa shape index (κ2) is 3.09. The largest absolute Gasteiger partial charge is 0.148 e. The van der Waals surface area contributed by atoms with Gasteiger partial charge in [0.05, 0.1) is 0 Å². The van der Waals surface area contributed by atoms with Gasteiger partial charge in [-0.05, 0) is 35.3 Å². The van der Waals surface area contributed by atoms with E-state index in [1.807, 2.05) is 11.3 Å². The van der Waals surface area contributed by atoms with Crippen LogP contribution in [-0.2, 0) is 0 Å². The van der Waals surface area contributed by atoms with Gasteiger partial charge < -0.3 is 0 Å². The predicted molar refractivity (Wildman–Crippen MR) is 62.9 cm³/mol. The topological polar surface area (TPSA) is 0 Å². The van der Waals surface area contributed by atoms with Crippen molar-refractivity contribution < 1.29 is 0 Å². The lowest BCUT2D eigenvalue weighted by atomic mass is 10.1. The van der Waals surface area contributed by atoms with E-state index in [0.717, 1.165) is 17.2 Å². The quantitative estimate of drug-likeness (QED) is 0.698. The van der Waals surface area contributed by atoms with Crippen molar-refractivity contribution in [3.63, 3.8) is 0 Å². The molecule has 1 aliphatic carbocycles. The van der Waals surface area contributed by atoms with Crippen LogP contribution in [0.3, 0.4) is 0 Å². The molecule has 0 aromatic carbocycles. The Morgan fingerprint density at radius 2 is 2.23 bits per heavy atom. The second-order valence-corrected chi connectivity index (χ2v) is 6.12. The summed E-state index contributed by atoms with van der Waals surface area (Å²) in [6.07, 6.45) is 0. The van der Waals surface area contributed by atoms with Gasteiger partial charge in [-0.3, -0.25) is 0 Å². The fraction of sp³-hybridized carbons (Fsp3) is 0.636. The molecule has 1 heterocycles. The van der Waals surface area contributed by atoms with Crippen molar-refractivity contribution in [3.8, 4) is 0 Å². The van der Waals surface area contributed by atoms with Gasteiger partial charge >= 0.3 is 0 Å². The fourth-order valence-electron chi connectivity index (χ4n) is 2.26. The average molecular weight is 259 g/mol. The minimum atomic E-state index is 0.513. The maximum absolute atomic E-state index is 3.61. The summed E-state index contributed by atoms with van der Waals surface area (Å²) in [5, 5.41) is 3.35. The standard InChI is InChI=1S/C11H15BrS/c1-7-4-5-13-10(7)9-8(6-12)11(9,2)3/h4-5,8-9H,6H2,1-3H3. The molecule has 1 aromatic heterocycles. The van der Waals surface area contributed by atoms with Gasteiger partial charge in [0, 0.05) is 16.1 Å². The summed E-state index contributed by atoms with van der Waals surface area (Å²) in [4.78, 5) is 1.61. The number of halogens is 1. The highest BCUT2D eigenvalue weighted by atomic mass is 79.9. The van der Waals surface area contributed by atoms with Crippen LogP contribution in [0.5, 0.6) is 0 Å². The van der Waals surface area contributed by atoms with E-state index < -0.39 is 0 Å².